The monoisotopic (exact) mass is 204 g/mol. The summed E-state index contributed by atoms with van der Waals surface area (Å²) >= 11 is 0. The summed E-state index contributed by atoms with van der Waals surface area (Å²) in [5, 5.41) is 19.6. The molecule has 4 heteroatoms. The molecular formula is C10H20O4. The van der Waals surface area contributed by atoms with E-state index in [9.17, 15) is 10.2 Å². The molecule has 1 fully saturated rings. The molecular weight excluding hydrogens is 184 g/mol. The first-order chi connectivity index (χ1) is 6.61. The van der Waals surface area contributed by atoms with Gasteiger partial charge in [-0.15, -0.1) is 0 Å². The molecule has 1 heterocycles. The zero-order valence-corrected chi connectivity index (χ0v) is 9.01. The molecule has 2 N–H and O–H groups in total. The highest BCUT2D eigenvalue weighted by molar-refractivity contribution is 4.89. The van der Waals surface area contributed by atoms with Gasteiger partial charge in [-0.05, 0) is 13.3 Å². The van der Waals surface area contributed by atoms with Gasteiger partial charge in [0, 0.05) is 13.0 Å². The zero-order chi connectivity index (χ0) is 10.7. The van der Waals surface area contributed by atoms with E-state index in [1.807, 2.05) is 13.8 Å². The molecule has 0 aromatic rings. The summed E-state index contributed by atoms with van der Waals surface area (Å²) in [7, 11) is 1.58. The second kappa shape index (κ2) is 5.07. The summed E-state index contributed by atoms with van der Waals surface area (Å²) in [5.41, 5.74) is 0. The van der Waals surface area contributed by atoms with Crippen molar-refractivity contribution >= 4 is 0 Å². The minimum atomic E-state index is -0.795. The third-order valence-corrected chi connectivity index (χ3v) is 2.92. The first-order valence-corrected chi connectivity index (χ1v) is 5.12. The van der Waals surface area contributed by atoms with Crippen LogP contribution in [0, 0.1) is 5.92 Å². The van der Waals surface area contributed by atoms with Gasteiger partial charge in [0.15, 0.2) is 0 Å². The van der Waals surface area contributed by atoms with Gasteiger partial charge in [0.2, 0.25) is 0 Å². The normalized spacial score (nSPS) is 43.9. The van der Waals surface area contributed by atoms with Crippen LogP contribution in [0.25, 0.3) is 0 Å². The highest BCUT2D eigenvalue weighted by Crippen LogP contribution is 2.27. The highest BCUT2D eigenvalue weighted by Gasteiger charge is 2.41. The summed E-state index contributed by atoms with van der Waals surface area (Å²) in [6, 6.07) is 0. The average Bonchev–Trinajstić information content (AvgIpc) is 2.18. The number of ether oxygens (including phenoxy) is 2. The van der Waals surface area contributed by atoms with Gasteiger partial charge < -0.3 is 19.7 Å². The van der Waals surface area contributed by atoms with Gasteiger partial charge >= 0.3 is 0 Å². The van der Waals surface area contributed by atoms with Crippen molar-refractivity contribution in [2.75, 3.05) is 13.7 Å². The zero-order valence-electron chi connectivity index (χ0n) is 9.01. The maximum atomic E-state index is 9.83. The molecule has 5 atom stereocenters. The van der Waals surface area contributed by atoms with Crippen molar-refractivity contribution in [3.8, 4) is 0 Å². The first kappa shape index (κ1) is 11.9. The second-order valence-electron chi connectivity index (χ2n) is 3.89. The Bertz CT molecular complexity index is 174. The SMILES string of the molecule is CCC1OC(C)C(COC)C(O)C1O. The molecule has 0 aromatic carbocycles. The van der Waals surface area contributed by atoms with Crippen molar-refractivity contribution in [3.63, 3.8) is 0 Å². The molecule has 0 spiro atoms. The van der Waals surface area contributed by atoms with Crippen LogP contribution in [-0.4, -0.2) is 48.3 Å². The van der Waals surface area contributed by atoms with Gasteiger partial charge in [-0.1, -0.05) is 6.92 Å². The van der Waals surface area contributed by atoms with E-state index in [0.29, 0.717) is 13.0 Å². The molecule has 0 amide bonds. The van der Waals surface area contributed by atoms with Gasteiger partial charge in [-0.2, -0.15) is 0 Å². The average molecular weight is 204 g/mol. The third-order valence-electron chi connectivity index (χ3n) is 2.92. The van der Waals surface area contributed by atoms with Gasteiger partial charge in [0.1, 0.15) is 6.10 Å². The minimum absolute atomic E-state index is 0.0710. The summed E-state index contributed by atoms with van der Waals surface area (Å²) in [6.07, 6.45) is -1.16. The van der Waals surface area contributed by atoms with Crippen LogP contribution in [0.2, 0.25) is 0 Å². The molecule has 1 rings (SSSR count). The van der Waals surface area contributed by atoms with E-state index in [2.05, 4.69) is 0 Å². The van der Waals surface area contributed by atoms with Gasteiger partial charge in [-0.3, -0.25) is 0 Å². The second-order valence-corrected chi connectivity index (χ2v) is 3.89. The fraction of sp³-hybridized carbons (Fsp3) is 1.00. The van der Waals surface area contributed by atoms with Crippen molar-refractivity contribution in [2.24, 2.45) is 5.92 Å². The summed E-state index contributed by atoms with van der Waals surface area (Å²) in [6.45, 7) is 4.25. The Morgan fingerprint density at radius 2 is 1.93 bits per heavy atom. The van der Waals surface area contributed by atoms with Crippen LogP contribution in [0.4, 0.5) is 0 Å². The fourth-order valence-electron chi connectivity index (χ4n) is 1.97. The van der Waals surface area contributed by atoms with Crippen LogP contribution in [0.15, 0.2) is 0 Å². The highest BCUT2D eigenvalue weighted by atomic mass is 16.5. The molecule has 5 unspecified atom stereocenters. The summed E-state index contributed by atoms with van der Waals surface area (Å²) in [4.78, 5) is 0. The van der Waals surface area contributed by atoms with Gasteiger partial charge in [0.05, 0.1) is 24.9 Å². The Morgan fingerprint density at radius 3 is 2.43 bits per heavy atom. The van der Waals surface area contributed by atoms with E-state index in [1.165, 1.54) is 0 Å². The smallest absolute Gasteiger partial charge is 0.106 e. The summed E-state index contributed by atoms with van der Waals surface area (Å²) in [5.74, 6) is -0.141. The van der Waals surface area contributed by atoms with Crippen molar-refractivity contribution < 1.29 is 19.7 Å². The number of aliphatic hydroxyl groups is 2. The van der Waals surface area contributed by atoms with Crippen LogP contribution in [0.3, 0.4) is 0 Å². The maximum Gasteiger partial charge on any atom is 0.106 e. The van der Waals surface area contributed by atoms with Crippen LogP contribution in [0.1, 0.15) is 20.3 Å². The molecule has 0 bridgehead atoms. The van der Waals surface area contributed by atoms with Crippen LogP contribution in [0.5, 0.6) is 0 Å². The molecule has 0 aliphatic carbocycles. The van der Waals surface area contributed by atoms with E-state index >= 15 is 0 Å². The Labute approximate surface area is 84.8 Å². The Hall–Kier alpha value is -0.160. The van der Waals surface area contributed by atoms with E-state index in [4.69, 9.17) is 9.47 Å². The van der Waals surface area contributed by atoms with Crippen LogP contribution >= 0.6 is 0 Å². The first-order valence-electron chi connectivity index (χ1n) is 5.12. The Kier molecular flexibility index (Phi) is 4.31. The van der Waals surface area contributed by atoms with E-state index in [-0.39, 0.29) is 18.1 Å². The lowest BCUT2D eigenvalue weighted by molar-refractivity contribution is -0.203. The molecule has 0 aromatic heterocycles. The predicted molar refractivity (Wildman–Crippen MR) is 52.0 cm³/mol. The van der Waals surface area contributed by atoms with E-state index < -0.39 is 12.2 Å². The van der Waals surface area contributed by atoms with Gasteiger partial charge in [-0.25, -0.2) is 0 Å². The maximum absolute atomic E-state index is 9.83. The topological polar surface area (TPSA) is 58.9 Å². The number of aliphatic hydroxyl groups excluding tert-OH is 2. The van der Waals surface area contributed by atoms with Crippen LogP contribution < -0.4 is 0 Å². The standard InChI is InChI=1S/C10H20O4/c1-4-8-10(12)9(11)7(5-13-3)6(2)14-8/h6-12H,4-5H2,1-3H3. The molecule has 0 saturated carbocycles. The van der Waals surface area contributed by atoms with Crippen molar-refractivity contribution in [2.45, 2.75) is 44.7 Å². The lowest BCUT2D eigenvalue weighted by Gasteiger charge is -2.41. The third kappa shape index (κ3) is 2.25. The van der Waals surface area contributed by atoms with Crippen molar-refractivity contribution in [3.05, 3.63) is 0 Å². The Morgan fingerprint density at radius 1 is 1.29 bits per heavy atom. The molecule has 1 aliphatic rings. The van der Waals surface area contributed by atoms with Gasteiger partial charge in [0.25, 0.3) is 0 Å². The Balaban J connectivity index is 2.63. The largest absolute Gasteiger partial charge is 0.390 e. The number of hydrogen-bond acceptors (Lipinski definition) is 4. The molecule has 14 heavy (non-hydrogen) atoms. The molecule has 0 radical (unpaired) electrons. The molecule has 1 aliphatic heterocycles. The quantitative estimate of drug-likeness (QED) is 0.688. The van der Waals surface area contributed by atoms with Crippen molar-refractivity contribution in [1.29, 1.82) is 0 Å². The summed E-state index contributed by atoms with van der Waals surface area (Å²) < 4.78 is 10.6. The predicted octanol–water partition coefficient (Wildman–Crippen LogP) is 0.168. The number of hydrogen-bond donors (Lipinski definition) is 2. The number of methoxy groups -OCH3 is 1. The van der Waals surface area contributed by atoms with Crippen molar-refractivity contribution in [1.82, 2.24) is 0 Å². The molecule has 4 nitrogen and oxygen atoms in total. The lowest BCUT2D eigenvalue weighted by Crippen LogP contribution is -2.54. The van der Waals surface area contributed by atoms with Crippen LogP contribution in [-0.2, 0) is 9.47 Å². The molecule has 1 saturated heterocycles. The van der Waals surface area contributed by atoms with E-state index in [1.54, 1.807) is 7.11 Å². The molecule has 84 valence electrons. The van der Waals surface area contributed by atoms with E-state index in [0.717, 1.165) is 0 Å². The fourth-order valence-corrected chi connectivity index (χ4v) is 1.97. The minimum Gasteiger partial charge on any atom is -0.390 e. The lowest BCUT2D eigenvalue weighted by atomic mass is 9.87. The number of rotatable bonds is 3.